The molecule has 0 saturated carbocycles. The molecule has 140 valence electrons. The van der Waals surface area contributed by atoms with Crippen molar-refractivity contribution < 1.29 is 31.1 Å². The van der Waals surface area contributed by atoms with Gasteiger partial charge in [0.15, 0.2) is 0 Å². The highest BCUT2D eigenvalue weighted by Gasteiger charge is 2.30. The molecule has 0 heterocycles. The molecule has 0 atom stereocenters. The predicted octanol–water partition coefficient (Wildman–Crippen LogP) is 3.04. The molecule has 1 N–H and O–H groups in total. The van der Waals surface area contributed by atoms with Gasteiger partial charge >= 0.3 is 12.1 Å². The van der Waals surface area contributed by atoms with Crippen molar-refractivity contribution in [2.45, 2.75) is 24.6 Å². The number of sulfonamides is 1. The molecule has 0 spiro atoms. The Labute approximate surface area is 148 Å². The number of ether oxygens (including phenoxy) is 1. The number of nitrogens with one attached hydrogen (secondary N) is 1. The molecule has 2 rings (SSSR count). The van der Waals surface area contributed by atoms with Gasteiger partial charge in [0.2, 0.25) is 10.0 Å². The van der Waals surface area contributed by atoms with E-state index in [1.807, 2.05) is 0 Å². The molecular formula is C17H16F3NO4S. The first-order chi connectivity index (χ1) is 12.1. The van der Waals surface area contributed by atoms with Crippen LogP contribution in [-0.4, -0.2) is 20.9 Å². The number of hydrogen-bond acceptors (Lipinski definition) is 4. The van der Waals surface area contributed by atoms with Crippen LogP contribution >= 0.6 is 0 Å². The first-order valence-corrected chi connectivity index (χ1v) is 8.94. The van der Waals surface area contributed by atoms with Gasteiger partial charge in [0.1, 0.15) is 13.2 Å². The van der Waals surface area contributed by atoms with Gasteiger partial charge in [-0.2, -0.15) is 17.9 Å². The highest BCUT2D eigenvalue weighted by Crippen LogP contribution is 2.29. The summed E-state index contributed by atoms with van der Waals surface area (Å²) in [5.41, 5.74) is 0.171. The summed E-state index contributed by atoms with van der Waals surface area (Å²) in [6, 6.07) is 10.4. The molecule has 0 aliphatic rings. The van der Waals surface area contributed by atoms with E-state index in [4.69, 9.17) is 4.74 Å². The first kappa shape index (κ1) is 19.9. The van der Waals surface area contributed by atoms with Crippen molar-refractivity contribution in [3.05, 3.63) is 65.2 Å². The SMILES string of the molecule is Cc1ccc(S(=O)(=O)NCC(=O)OCc2cccc(C(F)(F)F)c2)cc1. The molecule has 26 heavy (non-hydrogen) atoms. The number of esters is 1. The summed E-state index contributed by atoms with van der Waals surface area (Å²) in [6.45, 7) is 0.777. The predicted molar refractivity (Wildman–Crippen MR) is 87.6 cm³/mol. The number of carbonyl (C=O) groups excluding carboxylic acids is 1. The van der Waals surface area contributed by atoms with E-state index in [1.54, 1.807) is 19.1 Å². The van der Waals surface area contributed by atoms with Crippen LogP contribution in [0.15, 0.2) is 53.4 Å². The van der Waals surface area contributed by atoms with Crippen LogP contribution in [0, 0.1) is 6.92 Å². The fraction of sp³-hybridized carbons (Fsp3) is 0.235. The van der Waals surface area contributed by atoms with E-state index in [-0.39, 0.29) is 10.5 Å². The summed E-state index contributed by atoms with van der Waals surface area (Å²) in [6.07, 6.45) is -4.50. The van der Waals surface area contributed by atoms with Crippen molar-refractivity contribution in [3.8, 4) is 0 Å². The van der Waals surface area contributed by atoms with Crippen LogP contribution in [0.5, 0.6) is 0 Å². The lowest BCUT2D eigenvalue weighted by Crippen LogP contribution is -2.30. The number of rotatable bonds is 6. The van der Waals surface area contributed by atoms with E-state index in [0.29, 0.717) is 0 Å². The van der Waals surface area contributed by atoms with Crippen LogP contribution in [-0.2, 0) is 32.3 Å². The zero-order valence-electron chi connectivity index (χ0n) is 13.7. The summed E-state index contributed by atoms with van der Waals surface area (Å²) in [7, 11) is -3.88. The van der Waals surface area contributed by atoms with Crippen LogP contribution < -0.4 is 4.72 Å². The summed E-state index contributed by atoms with van der Waals surface area (Å²) in [4.78, 5) is 11.7. The van der Waals surface area contributed by atoms with E-state index in [0.717, 1.165) is 17.7 Å². The van der Waals surface area contributed by atoms with Crippen molar-refractivity contribution in [3.63, 3.8) is 0 Å². The van der Waals surface area contributed by atoms with Crippen molar-refractivity contribution in [2.75, 3.05) is 6.54 Å². The Morgan fingerprint density at radius 3 is 2.38 bits per heavy atom. The van der Waals surface area contributed by atoms with Gasteiger partial charge < -0.3 is 4.74 Å². The Morgan fingerprint density at radius 2 is 1.77 bits per heavy atom. The normalized spacial score (nSPS) is 12.0. The minimum absolute atomic E-state index is 0.00576. The molecule has 0 aromatic heterocycles. The smallest absolute Gasteiger partial charge is 0.416 e. The van der Waals surface area contributed by atoms with Crippen LogP contribution in [0.4, 0.5) is 13.2 Å². The standard InChI is InChI=1S/C17H16F3NO4S/c1-12-5-7-15(8-6-12)26(23,24)21-10-16(22)25-11-13-3-2-4-14(9-13)17(18,19)20/h2-9,21H,10-11H2,1H3. The van der Waals surface area contributed by atoms with Crippen LogP contribution in [0.25, 0.3) is 0 Å². The number of carbonyl (C=O) groups is 1. The maximum absolute atomic E-state index is 12.6. The molecule has 0 radical (unpaired) electrons. The Kier molecular flexibility index (Phi) is 6.04. The van der Waals surface area contributed by atoms with Gasteiger partial charge in [0.05, 0.1) is 10.5 Å². The molecule has 2 aromatic carbocycles. The molecule has 0 bridgehead atoms. The van der Waals surface area contributed by atoms with Crippen LogP contribution in [0.3, 0.4) is 0 Å². The first-order valence-electron chi connectivity index (χ1n) is 7.46. The summed E-state index contributed by atoms with van der Waals surface area (Å²) in [5.74, 6) is -0.905. The van der Waals surface area contributed by atoms with Crippen LogP contribution in [0.1, 0.15) is 16.7 Å². The van der Waals surface area contributed by atoms with E-state index < -0.39 is 40.9 Å². The van der Waals surface area contributed by atoms with Crippen LogP contribution in [0.2, 0.25) is 0 Å². The summed E-state index contributed by atoms with van der Waals surface area (Å²) < 4.78 is 68.8. The fourth-order valence-corrected chi connectivity index (χ4v) is 2.98. The third-order valence-corrected chi connectivity index (χ3v) is 4.81. The molecule has 0 unspecified atom stereocenters. The topological polar surface area (TPSA) is 72.5 Å². The third kappa shape index (κ3) is 5.57. The average molecular weight is 387 g/mol. The second-order valence-corrected chi connectivity index (χ2v) is 7.26. The molecule has 0 fully saturated rings. The molecular weight excluding hydrogens is 371 g/mol. The van der Waals surface area contributed by atoms with Gasteiger partial charge in [-0.3, -0.25) is 4.79 Å². The van der Waals surface area contributed by atoms with E-state index >= 15 is 0 Å². The minimum Gasteiger partial charge on any atom is -0.460 e. The van der Waals surface area contributed by atoms with Crippen molar-refractivity contribution in [1.82, 2.24) is 4.72 Å². The lowest BCUT2D eigenvalue weighted by Gasteiger charge is -2.10. The monoisotopic (exact) mass is 387 g/mol. The third-order valence-electron chi connectivity index (χ3n) is 3.39. The van der Waals surface area contributed by atoms with E-state index in [2.05, 4.69) is 4.72 Å². The number of hydrogen-bond donors (Lipinski definition) is 1. The Morgan fingerprint density at radius 1 is 1.12 bits per heavy atom. The largest absolute Gasteiger partial charge is 0.460 e. The second-order valence-electron chi connectivity index (χ2n) is 5.50. The summed E-state index contributed by atoms with van der Waals surface area (Å²) in [5, 5.41) is 0. The highest BCUT2D eigenvalue weighted by molar-refractivity contribution is 7.89. The van der Waals surface area contributed by atoms with Gasteiger partial charge in [0.25, 0.3) is 0 Å². The van der Waals surface area contributed by atoms with Crippen molar-refractivity contribution in [1.29, 1.82) is 0 Å². The second kappa shape index (κ2) is 7.88. The average Bonchev–Trinajstić information content (AvgIpc) is 2.58. The highest BCUT2D eigenvalue weighted by atomic mass is 32.2. The number of alkyl halides is 3. The number of aryl methyl sites for hydroxylation is 1. The number of benzene rings is 2. The maximum Gasteiger partial charge on any atom is 0.416 e. The lowest BCUT2D eigenvalue weighted by atomic mass is 10.1. The Bertz CT molecular complexity index is 878. The summed E-state index contributed by atoms with van der Waals surface area (Å²) >= 11 is 0. The van der Waals surface area contributed by atoms with Gasteiger partial charge in [-0.05, 0) is 36.8 Å². The van der Waals surface area contributed by atoms with E-state index in [9.17, 15) is 26.4 Å². The van der Waals surface area contributed by atoms with Crippen molar-refractivity contribution >= 4 is 16.0 Å². The molecule has 0 amide bonds. The molecule has 0 aliphatic heterocycles. The quantitative estimate of drug-likeness (QED) is 0.774. The molecule has 5 nitrogen and oxygen atoms in total. The Hall–Kier alpha value is -2.39. The lowest BCUT2D eigenvalue weighted by molar-refractivity contribution is -0.143. The van der Waals surface area contributed by atoms with Crippen molar-refractivity contribution in [2.24, 2.45) is 0 Å². The fourth-order valence-electron chi connectivity index (χ4n) is 2.01. The van der Waals surface area contributed by atoms with Gasteiger partial charge in [-0.25, -0.2) is 8.42 Å². The Balaban J connectivity index is 1.90. The molecule has 2 aromatic rings. The van der Waals surface area contributed by atoms with Gasteiger partial charge in [0, 0.05) is 0 Å². The molecule has 9 heteroatoms. The molecule has 0 saturated heterocycles. The van der Waals surface area contributed by atoms with Gasteiger partial charge in [-0.15, -0.1) is 0 Å². The molecule has 0 aliphatic carbocycles. The zero-order valence-corrected chi connectivity index (χ0v) is 14.5. The van der Waals surface area contributed by atoms with Gasteiger partial charge in [-0.1, -0.05) is 29.8 Å². The van der Waals surface area contributed by atoms with E-state index in [1.165, 1.54) is 24.3 Å². The zero-order chi connectivity index (χ0) is 19.4. The number of halogens is 3. The minimum atomic E-state index is -4.50. The maximum atomic E-state index is 12.6.